The minimum Gasteiger partial charge on any atom is -0.478 e. The van der Waals surface area contributed by atoms with E-state index in [1.54, 1.807) is 0 Å². The molecule has 0 amide bonds. The number of carboxylic acids is 1. The van der Waals surface area contributed by atoms with Crippen molar-refractivity contribution in [2.75, 3.05) is 0 Å². The standard InChI is InChI=1S/C9H5I2NO2/c10-4-1-5-6(9(13)14)3-12-8(5)7(11)2-4/h1-3,12H,(H,13,14). The van der Waals surface area contributed by atoms with Gasteiger partial charge in [-0.15, -0.1) is 0 Å². The van der Waals surface area contributed by atoms with Crippen LogP contribution < -0.4 is 0 Å². The Hall–Kier alpha value is -0.310. The zero-order valence-corrected chi connectivity index (χ0v) is 11.2. The summed E-state index contributed by atoms with van der Waals surface area (Å²) in [6, 6.07) is 3.88. The summed E-state index contributed by atoms with van der Waals surface area (Å²) in [4.78, 5) is 13.8. The van der Waals surface area contributed by atoms with Gasteiger partial charge in [-0.2, -0.15) is 0 Å². The molecular weight excluding hydrogens is 408 g/mol. The number of halogens is 2. The van der Waals surface area contributed by atoms with Crippen LogP contribution in [-0.2, 0) is 0 Å². The van der Waals surface area contributed by atoms with Gasteiger partial charge < -0.3 is 10.1 Å². The van der Waals surface area contributed by atoms with Crippen molar-refractivity contribution in [1.82, 2.24) is 4.98 Å². The van der Waals surface area contributed by atoms with E-state index in [4.69, 9.17) is 5.11 Å². The molecule has 0 aliphatic rings. The van der Waals surface area contributed by atoms with Gasteiger partial charge in [0.05, 0.1) is 11.1 Å². The molecule has 0 aliphatic heterocycles. The number of hydrogen-bond donors (Lipinski definition) is 2. The van der Waals surface area contributed by atoms with Crippen LogP contribution in [0.3, 0.4) is 0 Å². The van der Waals surface area contributed by atoms with Crippen LogP contribution in [0.5, 0.6) is 0 Å². The van der Waals surface area contributed by atoms with Crippen LogP contribution in [0.15, 0.2) is 18.3 Å². The second-order valence-electron chi connectivity index (χ2n) is 2.82. The maximum Gasteiger partial charge on any atom is 0.337 e. The molecule has 0 saturated heterocycles. The number of benzene rings is 1. The zero-order chi connectivity index (χ0) is 10.3. The van der Waals surface area contributed by atoms with Crippen molar-refractivity contribution in [1.29, 1.82) is 0 Å². The first-order valence-electron chi connectivity index (χ1n) is 3.79. The van der Waals surface area contributed by atoms with Crippen molar-refractivity contribution >= 4 is 62.1 Å². The van der Waals surface area contributed by atoms with Crippen LogP contribution in [0.4, 0.5) is 0 Å². The lowest BCUT2D eigenvalue weighted by molar-refractivity contribution is 0.0699. The van der Waals surface area contributed by atoms with E-state index in [0.29, 0.717) is 5.56 Å². The number of carbonyl (C=O) groups is 1. The first-order chi connectivity index (χ1) is 6.59. The van der Waals surface area contributed by atoms with E-state index in [0.717, 1.165) is 18.0 Å². The lowest BCUT2D eigenvalue weighted by atomic mass is 10.2. The number of aromatic amines is 1. The average Bonchev–Trinajstić information content (AvgIpc) is 2.47. The first-order valence-corrected chi connectivity index (χ1v) is 5.95. The van der Waals surface area contributed by atoms with E-state index in [2.05, 4.69) is 50.2 Å². The molecule has 72 valence electrons. The SMILES string of the molecule is O=C(O)c1c[nH]c2c(I)cc(I)cc12. The second kappa shape index (κ2) is 3.69. The highest BCUT2D eigenvalue weighted by Gasteiger charge is 2.12. The minimum absolute atomic E-state index is 0.330. The maximum atomic E-state index is 10.9. The zero-order valence-electron chi connectivity index (χ0n) is 6.84. The van der Waals surface area contributed by atoms with Crippen LogP contribution in [0.25, 0.3) is 10.9 Å². The van der Waals surface area contributed by atoms with Gasteiger partial charge in [-0.3, -0.25) is 0 Å². The quantitative estimate of drug-likeness (QED) is 0.707. The Morgan fingerprint density at radius 1 is 1.36 bits per heavy atom. The number of H-pyrrole nitrogens is 1. The predicted octanol–water partition coefficient (Wildman–Crippen LogP) is 3.08. The number of hydrogen-bond acceptors (Lipinski definition) is 1. The molecule has 0 aliphatic carbocycles. The Kier molecular flexibility index (Phi) is 2.69. The summed E-state index contributed by atoms with van der Waals surface area (Å²) in [6.07, 6.45) is 1.53. The Labute approximate surface area is 107 Å². The van der Waals surface area contributed by atoms with Gasteiger partial charge in [0, 0.05) is 18.7 Å². The molecular formula is C9H5I2NO2. The largest absolute Gasteiger partial charge is 0.478 e. The van der Waals surface area contributed by atoms with Gasteiger partial charge in [-0.25, -0.2) is 4.79 Å². The van der Waals surface area contributed by atoms with Crippen LogP contribution in [0, 0.1) is 7.14 Å². The van der Waals surface area contributed by atoms with E-state index < -0.39 is 5.97 Å². The predicted molar refractivity (Wildman–Crippen MR) is 70.7 cm³/mol. The highest BCUT2D eigenvalue weighted by Crippen LogP contribution is 2.25. The molecule has 1 aromatic carbocycles. The van der Waals surface area contributed by atoms with Gasteiger partial charge in [0.25, 0.3) is 0 Å². The third kappa shape index (κ3) is 1.62. The molecule has 0 radical (unpaired) electrons. The normalized spacial score (nSPS) is 10.7. The van der Waals surface area contributed by atoms with Crippen LogP contribution in [-0.4, -0.2) is 16.1 Å². The Morgan fingerprint density at radius 3 is 2.71 bits per heavy atom. The summed E-state index contributed by atoms with van der Waals surface area (Å²) in [6.45, 7) is 0. The fourth-order valence-electron chi connectivity index (χ4n) is 1.33. The molecule has 2 N–H and O–H groups in total. The molecule has 1 aromatic heterocycles. The minimum atomic E-state index is -0.894. The van der Waals surface area contributed by atoms with Gasteiger partial charge in [-0.05, 0) is 57.3 Å². The van der Waals surface area contributed by atoms with Crippen molar-refractivity contribution < 1.29 is 9.90 Å². The highest BCUT2D eigenvalue weighted by atomic mass is 127. The Balaban J connectivity index is 2.85. The molecule has 0 unspecified atom stereocenters. The monoisotopic (exact) mass is 413 g/mol. The van der Waals surface area contributed by atoms with Gasteiger partial charge >= 0.3 is 5.97 Å². The van der Waals surface area contributed by atoms with E-state index in [9.17, 15) is 4.79 Å². The van der Waals surface area contributed by atoms with Gasteiger partial charge in [0.1, 0.15) is 0 Å². The summed E-state index contributed by atoms with van der Waals surface area (Å²) < 4.78 is 2.08. The van der Waals surface area contributed by atoms with E-state index >= 15 is 0 Å². The third-order valence-corrected chi connectivity index (χ3v) is 3.41. The summed E-state index contributed by atoms with van der Waals surface area (Å²) in [5.74, 6) is -0.894. The van der Waals surface area contributed by atoms with Gasteiger partial charge in [0.15, 0.2) is 0 Å². The molecule has 3 nitrogen and oxygen atoms in total. The molecule has 2 rings (SSSR count). The fraction of sp³-hybridized carbons (Fsp3) is 0. The molecule has 2 aromatic rings. The number of carboxylic acid groups (broad SMARTS) is 1. The second-order valence-corrected chi connectivity index (χ2v) is 5.23. The van der Waals surface area contributed by atoms with Crippen molar-refractivity contribution in [3.63, 3.8) is 0 Å². The molecule has 0 saturated carbocycles. The van der Waals surface area contributed by atoms with Crippen LogP contribution >= 0.6 is 45.2 Å². The number of aromatic nitrogens is 1. The molecule has 0 atom stereocenters. The van der Waals surface area contributed by atoms with Crippen molar-refractivity contribution in [3.8, 4) is 0 Å². The summed E-state index contributed by atoms with van der Waals surface area (Å²) >= 11 is 4.37. The van der Waals surface area contributed by atoms with Crippen molar-refractivity contribution in [2.24, 2.45) is 0 Å². The average molecular weight is 413 g/mol. The van der Waals surface area contributed by atoms with Crippen LogP contribution in [0.1, 0.15) is 10.4 Å². The lowest BCUT2D eigenvalue weighted by Crippen LogP contribution is -1.93. The molecule has 1 heterocycles. The first kappa shape index (κ1) is 10.2. The van der Waals surface area contributed by atoms with Gasteiger partial charge in [-0.1, -0.05) is 0 Å². The highest BCUT2D eigenvalue weighted by molar-refractivity contribution is 14.1. The van der Waals surface area contributed by atoms with E-state index in [1.807, 2.05) is 12.1 Å². The number of rotatable bonds is 1. The molecule has 0 fully saturated rings. The van der Waals surface area contributed by atoms with Crippen molar-refractivity contribution in [3.05, 3.63) is 31.0 Å². The van der Waals surface area contributed by atoms with Crippen molar-refractivity contribution in [2.45, 2.75) is 0 Å². The topological polar surface area (TPSA) is 53.1 Å². The Morgan fingerprint density at radius 2 is 2.07 bits per heavy atom. The molecule has 0 bridgehead atoms. The number of aromatic carboxylic acids is 1. The molecule has 0 spiro atoms. The summed E-state index contributed by atoms with van der Waals surface area (Å²) in [7, 11) is 0. The fourth-order valence-corrected chi connectivity index (χ4v) is 3.33. The summed E-state index contributed by atoms with van der Waals surface area (Å²) in [5.41, 5.74) is 1.22. The van der Waals surface area contributed by atoms with E-state index in [1.165, 1.54) is 6.20 Å². The van der Waals surface area contributed by atoms with E-state index in [-0.39, 0.29) is 0 Å². The lowest BCUT2D eigenvalue weighted by Gasteiger charge is -1.97. The molecule has 14 heavy (non-hydrogen) atoms. The number of nitrogens with one attached hydrogen (secondary N) is 1. The van der Waals surface area contributed by atoms with Crippen LogP contribution in [0.2, 0.25) is 0 Å². The number of fused-ring (bicyclic) bond motifs is 1. The third-order valence-electron chi connectivity index (χ3n) is 1.94. The summed E-state index contributed by atoms with van der Waals surface area (Å²) in [5, 5.41) is 9.70. The smallest absolute Gasteiger partial charge is 0.337 e. The van der Waals surface area contributed by atoms with Gasteiger partial charge in [0.2, 0.25) is 0 Å². The maximum absolute atomic E-state index is 10.9. The molecule has 5 heteroatoms. The Bertz CT molecular complexity index is 519.